The van der Waals surface area contributed by atoms with Gasteiger partial charge in [0, 0.05) is 0 Å². The lowest BCUT2D eigenvalue weighted by atomic mass is 10.0. The van der Waals surface area contributed by atoms with E-state index in [9.17, 15) is 29.1 Å². The van der Waals surface area contributed by atoms with Crippen LogP contribution in [0.5, 0.6) is 0 Å². The molecule has 0 bridgehead atoms. The van der Waals surface area contributed by atoms with Gasteiger partial charge in [0.2, 0.25) is 6.10 Å². The predicted octanol–water partition coefficient (Wildman–Crippen LogP) is 10.9. The number of ether oxygens (including phenoxy) is 1. The SMILES string of the molecule is CCCCCCCCCCCCCCCC(=O)OOC(=O)CCCCCCCC(OC(=O)C(N)CO)C(=O)OOC(=O)CCCCCCCCCCCCCCC. The second-order valence-corrected chi connectivity index (χ2v) is 15.8. The number of aliphatic hydroxyl groups is 1. The third-order valence-electron chi connectivity index (χ3n) is 10.3. The van der Waals surface area contributed by atoms with E-state index < -0.39 is 48.6 Å². The lowest BCUT2D eigenvalue weighted by Gasteiger charge is -2.17. The van der Waals surface area contributed by atoms with Gasteiger partial charge in [0.1, 0.15) is 6.04 Å². The Kier molecular flexibility index (Phi) is 39.4. The highest BCUT2D eigenvalue weighted by atomic mass is 17.2. The van der Waals surface area contributed by atoms with Crippen LogP contribution in [0, 0.1) is 0 Å². The van der Waals surface area contributed by atoms with E-state index in [2.05, 4.69) is 23.6 Å². The Morgan fingerprint density at radius 1 is 0.404 bits per heavy atom. The summed E-state index contributed by atoms with van der Waals surface area (Å²) < 4.78 is 5.16. The van der Waals surface area contributed by atoms with Gasteiger partial charge in [-0.2, -0.15) is 0 Å². The first-order valence-corrected chi connectivity index (χ1v) is 23.1. The van der Waals surface area contributed by atoms with Crippen LogP contribution in [-0.4, -0.2) is 53.7 Å². The van der Waals surface area contributed by atoms with Crippen LogP contribution in [0.25, 0.3) is 0 Å². The van der Waals surface area contributed by atoms with E-state index in [0.29, 0.717) is 44.9 Å². The highest BCUT2D eigenvalue weighted by molar-refractivity contribution is 5.82. The molecule has 0 aliphatic rings. The van der Waals surface area contributed by atoms with Gasteiger partial charge in [0.05, 0.1) is 25.9 Å². The zero-order valence-corrected chi connectivity index (χ0v) is 36.2. The van der Waals surface area contributed by atoms with Crippen molar-refractivity contribution in [2.75, 3.05) is 6.61 Å². The van der Waals surface area contributed by atoms with E-state index in [1.54, 1.807) is 0 Å². The summed E-state index contributed by atoms with van der Waals surface area (Å²) in [5.41, 5.74) is 5.54. The Morgan fingerprint density at radius 2 is 0.684 bits per heavy atom. The molecular formula is C45H83NO11. The maximum Gasteiger partial charge on any atom is 0.395 e. The Balaban J connectivity index is 4.04. The molecule has 0 saturated heterocycles. The second-order valence-electron chi connectivity index (χ2n) is 15.8. The van der Waals surface area contributed by atoms with Crippen molar-refractivity contribution < 1.29 is 53.4 Å². The molecule has 0 saturated carbocycles. The minimum absolute atomic E-state index is 0.0936. The van der Waals surface area contributed by atoms with Crippen LogP contribution < -0.4 is 5.73 Å². The number of hydrogen-bond donors (Lipinski definition) is 2. The van der Waals surface area contributed by atoms with E-state index in [-0.39, 0.29) is 25.7 Å². The van der Waals surface area contributed by atoms with E-state index in [0.717, 1.165) is 32.1 Å². The number of nitrogens with two attached hydrogens (primary N) is 1. The molecule has 334 valence electrons. The Bertz CT molecular complexity index is 992. The van der Waals surface area contributed by atoms with Gasteiger partial charge in [-0.15, -0.1) is 0 Å². The highest BCUT2D eigenvalue weighted by Gasteiger charge is 2.28. The van der Waals surface area contributed by atoms with Crippen LogP contribution in [0.3, 0.4) is 0 Å². The van der Waals surface area contributed by atoms with Crippen LogP contribution in [0.4, 0.5) is 0 Å². The van der Waals surface area contributed by atoms with Gasteiger partial charge in [-0.1, -0.05) is 187 Å². The number of carbonyl (C=O) groups excluding carboxylic acids is 5. The van der Waals surface area contributed by atoms with Crippen molar-refractivity contribution in [2.24, 2.45) is 5.73 Å². The minimum atomic E-state index is -1.36. The zero-order valence-electron chi connectivity index (χ0n) is 36.2. The summed E-state index contributed by atoms with van der Waals surface area (Å²) in [5.74, 6) is -3.82. The highest BCUT2D eigenvalue weighted by Crippen LogP contribution is 2.16. The fourth-order valence-corrected chi connectivity index (χ4v) is 6.59. The Hall–Kier alpha value is -2.73. The largest absolute Gasteiger partial charge is 0.449 e. The zero-order chi connectivity index (χ0) is 42.0. The van der Waals surface area contributed by atoms with Crippen molar-refractivity contribution in [2.45, 2.75) is 251 Å². The summed E-state index contributed by atoms with van der Waals surface area (Å²) >= 11 is 0. The average molecular weight is 814 g/mol. The van der Waals surface area contributed by atoms with Gasteiger partial charge in [0.25, 0.3) is 0 Å². The first kappa shape index (κ1) is 54.3. The van der Waals surface area contributed by atoms with Crippen LogP contribution in [-0.2, 0) is 48.3 Å². The predicted molar refractivity (Wildman–Crippen MR) is 222 cm³/mol. The van der Waals surface area contributed by atoms with E-state index in [1.807, 2.05) is 0 Å². The lowest BCUT2D eigenvalue weighted by Crippen LogP contribution is -2.40. The molecule has 0 rings (SSSR count). The molecule has 2 atom stereocenters. The number of esters is 1. The molecule has 0 heterocycles. The van der Waals surface area contributed by atoms with E-state index in [1.165, 1.54) is 122 Å². The molecule has 0 aromatic rings. The monoisotopic (exact) mass is 814 g/mol. The summed E-state index contributed by atoms with van der Waals surface area (Å²) in [7, 11) is 0. The first-order valence-electron chi connectivity index (χ1n) is 23.1. The molecule has 0 aromatic carbocycles. The van der Waals surface area contributed by atoms with Crippen LogP contribution in [0.15, 0.2) is 0 Å². The maximum atomic E-state index is 12.6. The topological polar surface area (TPSA) is 178 Å². The number of hydrogen-bond acceptors (Lipinski definition) is 12. The standard InChI is InChI=1S/C45H83NO11/c1-3-5-7-9-11-13-15-17-19-21-23-27-31-35-41(48)54-55-42(49)36-33-29-25-26-30-34-40(53-44(51)39(46)38-47)45(52)57-56-43(50)37-32-28-24-22-20-18-16-14-12-10-8-6-4-2/h39-40,47H,3-38,46H2,1-2H3. The fraction of sp³-hybridized carbons (Fsp3) is 0.889. The average Bonchev–Trinajstić information content (AvgIpc) is 3.21. The quantitative estimate of drug-likeness (QED) is 0.0259. The summed E-state index contributed by atoms with van der Waals surface area (Å²) in [5, 5.41) is 9.18. The number of aliphatic hydroxyl groups excluding tert-OH is 1. The Morgan fingerprint density at radius 3 is 1.00 bits per heavy atom. The molecule has 0 amide bonds. The molecule has 3 N–H and O–H groups in total. The molecule has 0 aliphatic carbocycles. The summed E-state index contributed by atoms with van der Waals surface area (Å²) in [6, 6.07) is -1.32. The second kappa shape index (κ2) is 41.4. The molecule has 0 aliphatic heterocycles. The van der Waals surface area contributed by atoms with Crippen molar-refractivity contribution in [1.82, 2.24) is 0 Å². The molecule has 12 heteroatoms. The molecule has 57 heavy (non-hydrogen) atoms. The molecule has 2 unspecified atom stereocenters. The summed E-state index contributed by atoms with van der Waals surface area (Å²) in [4.78, 5) is 79.6. The van der Waals surface area contributed by atoms with Crippen LogP contribution >= 0.6 is 0 Å². The lowest BCUT2D eigenvalue weighted by molar-refractivity contribution is -0.265. The third-order valence-corrected chi connectivity index (χ3v) is 10.3. The third kappa shape index (κ3) is 37.3. The normalized spacial score (nSPS) is 12.1. The van der Waals surface area contributed by atoms with Crippen molar-refractivity contribution in [1.29, 1.82) is 0 Å². The Labute approximate surface area is 345 Å². The molecule has 0 fully saturated rings. The van der Waals surface area contributed by atoms with E-state index >= 15 is 0 Å². The summed E-state index contributed by atoms with van der Waals surface area (Å²) in [6.07, 6.45) is 33.3. The van der Waals surface area contributed by atoms with Gasteiger partial charge < -0.3 is 15.6 Å². The van der Waals surface area contributed by atoms with Gasteiger partial charge in [0.15, 0.2) is 0 Å². The van der Waals surface area contributed by atoms with Gasteiger partial charge in [-0.3, -0.25) is 4.79 Å². The van der Waals surface area contributed by atoms with Gasteiger partial charge in [-0.05, 0) is 32.1 Å². The first-order chi connectivity index (χ1) is 27.7. The number of rotatable bonds is 40. The molecule has 0 aromatic heterocycles. The van der Waals surface area contributed by atoms with Gasteiger partial charge in [-0.25, -0.2) is 38.7 Å². The van der Waals surface area contributed by atoms with E-state index in [4.69, 9.17) is 20.2 Å². The smallest absolute Gasteiger partial charge is 0.395 e. The molecule has 0 spiro atoms. The van der Waals surface area contributed by atoms with Crippen LogP contribution in [0.1, 0.15) is 239 Å². The van der Waals surface area contributed by atoms with Crippen LogP contribution in [0.2, 0.25) is 0 Å². The molecule has 12 nitrogen and oxygen atoms in total. The van der Waals surface area contributed by atoms with Crippen molar-refractivity contribution >= 4 is 29.8 Å². The van der Waals surface area contributed by atoms with Crippen molar-refractivity contribution in [3.8, 4) is 0 Å². The van der Waals surface area contributed by atoms with Gasteiger partial charge >= 0.3 is 29.8 Å². The number of carbonyl (C=O) groups is 5. The van der Waals surface area contributed by atoms with Crippen molar-refractivity contribution in [3.05, 3.63) is 0 Å². The minimum Gasteiger partial charge on any atom is -0.449 e. The fourth-order valence-electron chi connectivity index (χ4n) is 6.59. The van der Waals surface area contributed by atoms with Crippen molar-refractivity contribution in [3.63, 3.8) is 0 Å². The maximum absolute atomic E-state index is 12.6. The summed E-state index contributed by atoms with van der Waals surface area (Å²) in [6.45, 7) is 3.82. The molecule has 0 radical (unpaired) electrons. The molecular weight excluding hydrogens is 730 g/mol. The number of unbranched alkanes of at least 4 members (excludes halogenated alkanes) is 28.